The van der Waals surface area contributed by atoms with Gasteiger partial charge in [0.05, 0.1) is 5.60 Å². The number of nitrogens with zero attached hydrogens (tertiary/aromatic N) is 1. The second kappa shape index (κ2) is 6.76. The lowest BCUT2D eigenvalue weighted by molar-refractivity contribution is -0.108. The van der Waals surface area contributed by atoms with Gasteiger partial charge >= 0.3 is 0 Å². The van der Waals surface area contributed by atoms with E-state index < -0.39 is 0 Å². The Balaban J connectivity index is 1.66. The molecule has 3 nitrogen and oxygen atoms in total. The Bertz CT molecular complexity index is 295. The van der Waals surface area contributed by atoms with E-state index in [0.717, 1.165) is 31.8 Å². The van der Waals surface area contributed by atoms with Crippen LogP contribution in [0, 0.1) is 0 Å². The minimum Gasteiger partial charge on any atom is -0.375 e. The Morgan fingerprint density at radius 1 is 0.950 bits per heavy atom. The largest absolute Gasteiger partial charge is 0.375 e. The topological polar surface area (TPSA) is 38.5 Å². The molecule has 3 rings (SSSR count). The molecule has 1 saturated heterocycles. The summed E-state index contributed by atoms with van der Waals surface area (Å²) in [6.07, 6.45) is 14.9. The molecule has 0 bridgehead atoms. The minimum atomic E-state index is 0.241. The molecule has 3 fully saturated rings. The van der Waals surface area contributed by atoms with Crippen molar-refractivity contribution in [2.45, 2.75) is 88.3 Å². The number of hydrogen-bond donors (Lipinski definition) is 1. The van der Waals surface area contributed by atoms with Crippen LogP contribution in [-0.4, -0.2) is 42.3 Å². The first-order chi connectivity index (χ1) is 9.83. The SMILES string of the molecule is NCCN(C1CCCCC1)C1CCOC2(CCCC2)C1. The van der Waals surface area contributed by atoms with Crippen molar-refractivity contribution < 1.29 is 4.74 Å². The standard InChI is InChI=1S/C17H32N2O/c18-11-12-19(15-6-2-1-3-7-15)16-8-13-20-17(14-16)9-4-5-10-17/h15-16H,1-14,18H2. The van der Waals surface area contributed by atoms with Crippen LogP contribution in [0.4, 0.5) is 0 Å². The first-order valence-corrected chi connectivity index (χ1v) is 8.93. The molecule has 0 aromatic heterocycles. The first kappa shape index (κ1) is 14.8. The molecule has 1 unspecified atom stereocenters. The maximum atomic E-state index is 6.21. The summed E-state index contributed by atoms with van der Waals surface area (Å²) < 4.78 is 6.21. The number of hydrogen-bond acceptors (Lipinski definition) is 3. The van der Waals surface area contributed by atoms with Crippen molar-refractivity contribution in [3.05, 3.63) is 0 Å². The van der Waals surface area contributed by atoms with E-state index in [9.17, 15) is 0 Å². The third kappa shape index (κ3) is 3.20. The molecule has 3 heteroatoms. The fourth-order valence-corrected chi connectivity index (χ4v) is 4.88. The van der Waals surface area contributed by atoms with Crippen molar-refractivity contribution in [2.24, 2.45) is 5.73 Å². The van der Waals surface area contributed by atoms with E-state index >= 15 is 0 Å². The molecule has 2 aliphatic carbocycles. The van der Waals surface area contributed by atoms with Gasteiger partial charge in [-0.25, -0.2) is 0 Å². The monoisotopic (exact) mass is 280 g/mol. The Hall–Kier alpha value is -0.120. The second-order valence-corrected chi connectivity index (χ2v) is 7.20. The summed E-state index contributed by atoms with van der Waals surface area (Å²) in [5.41, 5.74) is 6.16. The fourth-order valence-electron chi connectivity index (χ4n) is 4.88. The van der Waals surface area contributed by atoms with Gasteiger partial charge in [0.15, 0.2) is 0 Å². The molecule has 116 valence electrons. The normalized spacial score (nSPS) is 31.2. The smallest absolute Gasteiger partial charge is 0.0697 e. The van der Waals surface area contributed by atoms with E-state index in [-0.39, 0.29) is 5.60 Å². The second-order valence-electron chi connectivity index (χ2n) is 7.20. The highest BCUT2D eigenvalue weighted by Gasteiger charge is 2.42. The summed E-state index contributed by atoms with van der Waals surface area (Å²) in [5, 5.41) is 0. The highest BCUT2D eigenvalue weighted by Crippen LogP contribution is 2.42. The van der Waals surface area contributed by atoms with Crippen LogP contribution in [0.5, 0.6) is 0 Å². The van der Waals surface area contributed by atoms with Crippen LogP contribution in [0.3, 0.4) is 0 Å². The molecule has 1 spiro atoms. The number of nitrogens with two attached hydrogens (primary N) is 1. The summed E-state index contributed by atoms with van der Waals surface area (Å²) >= 11 is 0. The molecule has 1 atom stereocenters. The van der Waals surface area contributed by atoms with Crippen LogP contribution in [0.15, 0.2) is 0 Å². The summed E-state index contributed by atoms with van der Waals surface area (Å²) in [6, 6.07) is 1.53. The van der Waals surface area contributed by atoms with E-state index in [1.54, 1.807) is 0 Å². The van der Waals surface area contributed by atoms with Crippen LogP contribution < -0.4 is 5.73 Å². The van der Waals surface area contributed by atoms with Crippen molar-refractivity contribution in [3.63, 3.8) is 0 Å². The number of ether oxygens (including phenoxy) is 1. The van der Waals surface area contributed by atoms with Crippen LogP contribution in [-0.2, 0) is 4.74 Å². The average molecular weight is 280 g/mol. The van der Waals surface area contributed by atoms with Crippen molar-refractivity contribution in [3.8, 4) is 0 Å². The summed E-state index contributed by atoms with van der Waals surface area (Å²) in [5.74, 6) is 0. The molecule has 3 aliphatic rings. The van der Waals surface area contributed by atoms with Gasteiger partial charge in [0.25, 0.3) is 0 Å². The predicted octanol–water partition coefficient (Wildman–Crippen LogP) is 3.07. The van der Waals surface area contributed by atoms with E-state index in [1.165, 1.54) is 70.6 Å². The van der Waals surface area contributed by atoms with Gasteiger partial charge in [0.1, 0.15) is 0 Å². The Morgan fingerprint density at radius 2 is 1.70 bits per heavy atom. The summed E-state index contributed by atoms with van der Waals surface area (Å²) in [4.78, 5) is 2.78. The first-order valence-electron chi connectivity index (χ1n) is 8.93. The zero-order chi connectivity index (χ0) is 13.8. The third-order valence-corrected chi connectivity index (χ3v) is 5.88. The summed E-state index contributed by atoms with van der Waals surface area (Å²) in [7, 11) is 0. The highest BCUT2D eigenvalue weighted by molar-refractivity contribution is 4.95. The van der Waals surface area contributed by atoms with Gasteiger partial charge in [-0.05, 0) is 38.5 Å². The molecular formula is C17H32N2O. The van der Waals surface area contributed by atoms with Gasteiger partial charge in [-0.1, -0.05) is 32.1 Å². The number of rotatable bonds is 4. The molecule has 0 amide bonds. The molecule has 2 N–H and O–H groups in total. The Morgan fingerprint density at radius 3 is 2.40 bits per heavy atom. The van der Waals surface area contributed by atoms with Gasteiger partial charge < -0.3 is 10.5 Å². The minimum absolute atomic E-state index is 0.241. The summed E-state index contributed by atoms with van der Waals surface area (Å²) in [6.45, 7) is 2.87. The zero-order valence-corrected chi connectivity index (χ0v) is 13.0. The van der Waals surface area contributed by atoms with Gasteiger partial charge in [0, 0.05) is 31.8 Å². The molecule has 2 saturated carbocycles. The molecule has 1 aliphatic heterocycles. The van der Waals surface area contributed by atoms with Crippen molar-refractivity contribution in [2.75, 3.05) is 19.7 Å². The van der Waals surface area contributed by atoms with Crippen molar-refractivity contribution >= 4 is 0 Å². The highest BCUT2D eigenvalue weighted by atomic mass is 16.5. The van der Waals surface area contributed by atoms with Crippen LogP contribution >= 0.6 is 0 Å². The van der Waals surface area contributed by atoms with E-state index in [0.29, 0.717) is 0 Å². The van der Waals surface area contributed by atoms with Crippen molar-refractivity contribution in [1.82, 2.24) is 4.90 Å². The lowest BCUT2D eigenvalue weighted by atomic mass is 9.85. The fraction of sp³-hybridized carbons (Fsp3) is 1.00. The maximum absolute atomic E-state index is 6.21. The van der Waals surface area contributed by atoms with E-state index in [1.807, 2.05) is 0 Å². The molecule has 1 heterocycles. The molecule has 0 radical (unpaired) electrons. The van der Waals surface area contributed by atoms with Gasteiger partial charge in [-0.15, -0.1) is 0 Å². The Labute approximate surface area is 124 Å². The molecule has 0 aromatic carbocycles. The lowest BCUT2D eigenvalue weighted by Crippen LogP contribution is -2.52. The third-order valence-electron chi connectivity index (χ3n) is 5.88. The van der Waals surface area contributed by atoms with Crippen LogP contribution in [0.2, 0.25) is 0 Å². The van der Waals surface area contributed by atoms with Crippen LogP contribution in [0.25, 0.3) is 0 Å². The quantitative estimate of drug-likeness (QED) is 0.860. The Kier molecular flexibility index (Phi) is 5.00. The van der Waals surface area contributed by atoms with E-state index in [4.69, 9.17) is 10.5 Å². The van der Waals surface area contributed by atoms with Gasteiger partial charge in [0.2, 0.25) is 0 Å². The van der Waals surface area contributed by atoms with Crippen LogP contribution in [0.1, 0.15) is 70.6 Å². The van der Waals surface area contributed by atoms with Crippen molar-refractivity contribution in [1.29, 1.82) is 0 Å². The molecule has 0 aromatic rings. The predicted molar refractivity (Wildman–Crippen MR) is 82.8 cm³/mol. The van der Waals surface area contributed by atoms with Gasteiger partial charge in [-0.2, -0.15) is 0 Å². The zero-order valence-electron chi connectivity index (χ0n) is 13.0. The maximum Gasteiger partial charge on any atom is 0.0697 e. The molecular weight excluding hydrogens is 248 g/mol. The molecule has 20 heavy (non-hydrogen) atoms. The lowest BCUT2D eigenvalue weighted by Gasteiger charge is -2.46. The average Bonchev–Trinajstić information content (AvgIpc) is 2.93. The van der Waals surface area contributed by atoms with Gasteiger partial charge in [-0.3, -0.25) is 4.90 Å². The van der Waals surface area contributed by atoms with E-state index in [2.05, 4.69) is 4.90 Å².